The monoisotopic (exact) mass is 685 g/mol. The van der Waals surface area contributed by atoms with E-state index < -0.39 is 0 Å². The minimum absolute atomic E-state index is 0.0101. The molecule has 0 radical (unpaired) electrons. The van der Waals surface area contributed by atoms with E-state index in [1.807, 2.05) is 42.2 Å². The molecule has 268 valence electrons. The van der Waals surface area contributed by atoms with Crippen molar-refractivity contribution in [1.82, 2.24) is 15.6 Å². The highest BCUT2D eigenvalue weighted by atomic mass is 16.5. The van der Waals surface area contributed by atoms with Gasteiger partial charge in [-0.1, -0.05) is 38.8 Å². The Labute approximate surface area is 295 Å². The summed E-state index contributed by atoms with van der Waals surface area (Å²) < 4.78 is 5.96. The smallest absolute Gasteiger partial charge is 0.224 e. The van der Waals surface area contributed by atoms with E-state index in [0.717, 1.165) is 54.6 Å². The minimum atomic E-state index is -0.0127. The molecule has 3 amide bonds. The molecular formula is C38H51N7O5. The van der Waals surface area contributed by atoms with Gasteiger partial charge in [0.1, 0.15) is 5.84 Å². The lowest BCUT2D eigenvalue weighted by molar-refractivity contribution is -0.116. The number of carbonyl (C=O) groups excluding carboxylic acids is 4. The van der Waals surface area contributed by atoms with Gasteiger partial charge in [-0.2, -0.15) is 0 Å². The van der Waals surface area contributed by atoms with Gasteiger partial charge in [0, 0.05) is 49.1 Å². The number of pyridine rings is 1. The Balaban J connectivity index is 1.70. The summed E-state index contributed by atoms with van der Waals surface area (Å²) in [4.78, 5) is 62.6. The van der Waals surface area contributed by atoms with Crippen molar-refractivity contribution < 1.29 is 23.9 Å². The fourth-order valence-corrected chi connectivity index (χ4v) is 5.94. The highest BCUT2D eigenvalue weighted by Crippen LogP contribution is 2.35. The minimum Gasteiger partial charge on any atom is -0.375 e. The molecule has 0 bridgehead atoms. The van der Waals surface area contributed by atoms with E-state index in [1.165, 1.54) is 6.20 Å². The molecule has 1 aromatic carbocycles. The first-order chi connectivity index (χ1) is 24.2. The van der Waals surface area contributed by atoms with Crippen molar-refractivity contribution in [1.29, 1.82) is 0 Å². The molecule has 0 unspecified atom stereocenters. The third-order valence-electron chi connectivity index (χ3n) is 8.52. The Kier molecular flexibility index (Phi) is 16.7. The Morgan fingerprint density at radius 1 is 1.06 bits per heavy atom. The zero-order valence-corrected chi connectivity index (χ0v) is 29.7. The maximum Gasteiger partial charge on any atom is 0.224 e. The summed E-state index contributed by atoms with van der Waals surface area (Å²) in [5.74, 6) is 1.18. The number of ether oxygens (including phenoxy) is 1. The van der Waals surface area contributed by atoms with Gasteiger partial charge in [-0.25, -0.2) is 9.98 Å². The van der Waals surface area contributed by atoms with E-state index in [2.05, 4.69) is 51.5 Å². The van der Waals surface area contributed by atoms with Gasteiger partial charge >= 0.3 is 0 Å². The molecule has 12 nitrogen and oxygen atoms in total. The van der Waals surface area contributed by atoms with Crippen LogP contribution in [0.25, 0.3) is 0 Å². The van der Waals surface area contributed by atoms with Crippen molar-refractivity contribution in [3.63, 3.8) is 0 Å². The van der Waals surface area contributed by atoms with Gasteiger partial charge in [0.15, 0.2) is 11.6 Å². The van der Waals surface area contributed by atoms with Crippen LogP contribution in [0.3, 0.4) is 0 Å². The molecular weight excluding hydrogens is 634 g/mol. The number of benzene rings is 1. The predicted molar refractivity (Wildman–Crippen MR) is 199 cm³/mol. The number of hydrogen-bond acceptors (Lipinski definition) is 9. The summed E-state index contributed by atoms with van der Waals surface area (Å²) in [5, 5.41) is 8.29. The molecule has 0 atom stereocenters. The average molecular weight is 686 g/mol. The molecule has 1 saturated carbocycles. The molecule has 0 saturated heterocycles. The lowest BCUT2D eigenvalue weighted by Crippen LogP contribution is -2.34. The van der Waals surface area contributed by atoms with Gasteiger partial charge in [0.05, 0.1) is 25.1 Å². The number of ketones is 1. The Morgan fingerprint density at radius 3 is 2.40 bits per heavy atom. The molecule has 50 heavy (non-hydrogen) atoms. The fraction of sp³-hybridized carbons (Fsp3) is 0.447. The molecule has 1 aliphatic carbocycles. The Bertz CT molecular complexity index is 1530. The topological polar surface area (TPSA) is 154 Å². The number of Topliss-reactive ketones (excluding diaryl/α,β-unsaturated/α-hetero) is 1. The molecule has 1 aliphatic rings. The van der Waals surface area contributed by atoms with Crippen molar-refractivity contribution in [3.8, 4) is 0 Å². The number of aromatic nitrogens is 1. The van der Waals surface area contributed by atoms with E-state index in [4.69, 9.17) is 4.74 Å². The lowest BCUT2D eigenvalue weighted by Gasteiger charge is -2.24. The van der Waals surface area contributed by atoms with Crippen LogP contribution in [0.2, 0.25) is 0 Å². The molecule has 1 aromatic heterocycles. The van der Waals surface area contributed by atoms with Crippen molar-refractivity contribution in [3.05, 3.63) is 71.1 Å². The van der Waals surface area contributed by atoms with E-state index in [-0.39, 0.29) is 23.4 Å². The van der Waals surface area contributed by atoms with Crippen LogP contribution in [-0.2, 0) is 30.5 Å². The fourth-order valence-electron chi connectivity index (χ4n) is 5.94. The first-order valence-corrected chi connectivity index (χ1v) is 17.2. The summed E-state index contributed by atoms with van der Waals surface area (Å²) in [6.07, 6.45) is 9.72. The van der Waals surface area contributed by atoms with Crippen LogP contribution < -0.4 is 20.9 Å². The van der Waals surface area contributed by atoms with Crippen LogP contribution in [0.5, 0.6) is 0 Å². The second-order valence-electron chi connectivity index (χ2n) is 12.7. The van der Waals surface area contributed by atoms with Gasteiger partial charge in [0.2, 0.25) is 18.7 Å². The SMILES string of the molecule is C=N/C=C(C(=N/c1ccc(N(CCNC=O)CCOCc2ccc(NC(=O)CCC(C)C)cc2)cn1)\NC=O)/C(C)=C(/C(C)=O)C1CCCC1. The number of rotatable bonds is 21. The van der Waals surface area contributed by atoms with Crippen molar-refractivity contribution >= 4 is 54.3 Å². The summed E-state index contributed by atoms with van der Waals surface area (Å²) in [7, 11) is 0. The third-order valence-corrected chi connectivity index (χ3v) is 8.52. The number of nitrogens with one attached hydrogen (secondary N) is 3. The van der Waals surface area contributed by atoms with Crippen molar-refractivity contribution in [2.45, 2.75) is 72.8 Å². The van der Waals surface area contributed by atoms with Crippen molar-refractivity contribution in [2.75, 3.05) is 36.5 Å². The summed E-state index contributed by atoms with van der Waals surface area (Å²) in [6.45, 7) is 13.5. The quantitative estimate of drug-likeness (QED) is 0.0381. The second-order valence-corrected chi connectivity index (χ2v) is 12.7. The number of allylic oxidation sites excluding steroid dienone is 1. The summed E-state index contributed by atoms with van der Waals surface area (Å²) in [5.41, 5.74) is 4.45. The highest BCUT2D eigenvalue weighted by molar-refractivity contribution is 6.09. The van der Waals surface area contributed by atoms with Gasteiger partial charge < -0.3 is 25.6 Å². The number of amides is 3. The van der Waals surface area contributed by atoms with E-state index in [0.29, 0.717) is 75.0 Å². The number of amidine groups is 1. The molecule has 3 rings (SSSR count). The van der Waals surface area contributed by atoms with E-state index >= 15 is 0 Å². The van der Waals surface area contributed by atoms with Crippen LogP contribution in [0.15, 0.2) is 75.5 Å². The summed E-state index contributed by atoms with van der Waals surface area (Å²) in [6, 6.07) is 11.2. The van der Waals surface area contributed by atoms with E-state index in [9.17, 15) is 19.2 Å². The first-order valence-electron chi connectivity index (χ1n) is 17.2. The average Bonchev–Trinajstić information content (AvgIpc) is 3.62. The van der Waals surface area contributed by atoms with Crippen molar-refractivity contribution in [2.24, 2.45) is 21.8 Å². The van der Waals surface area contributed by atoms with Crippen LogP contribution >= 0.6 is 0 Å². The largest absolute Gasteiger partial charge is 0.375 e. The lowest BCUT2D eigenvalue weighted by atomic mass is 9.87. The predicted octanol–water partition coefficient (Wildman–Crippen LogP) is 5.68. The van der Waals surface area contributed by atoms with Gasteiger partial charge in [-0.15, -0.1) is 0 Å². The number of nitrogens with zero attached hydrogens (tertiary/aromatic N) is 4. The van der Waals surface area contributed by atoms with E-state index in [1.54, 1.807) is 19.2 Å². The van der Waals surface area contributed by atoms with Gasteiger partial charge in [-0.05, 0) is 87.1 Å². The van der Waals surface area contributed by atoms with Crippen LogP contribution in [0.1, 0.15) is 71.8 Å². The number of hydrogen-bond donors (Lipinski definition) is 3. The molecule has 3 N–H and O–H groups in total. The molecule has 0 spiro atoms. The first kappa shape index (κ1) is 39.5. The van der Waals surface area contributed by atoms with Crippen LogP contribution in [0.4, 0.5) is 17.2 Å². The third kappa shape index (κ3) is 12.8. The van der Waals surface area contributed by atoms with Gasteiger partial charge in [0.25, 0.3) is 0 Å². The van der Waals surface area contributed by atoms with Gasteiger partial charge in [-0.3, -0.25) is 24.2 Å². The Morgan fingerprint density at radius 2 is 1.80 bits per heavy atom. The molecule has 0 aliphatic heterocycles. The van der Waals surface area contributed by atoms with Crippen LogP contribution in [-0.4, -0.2) is 68.3 Å². The summed E-state index contributed by atoms with van der Waals surface area (Å²) >= 11 is 0. The number of aliphatic imine (C=N–C) groups is 2. The molecule has 12 heteroatoms. The Hall–Kier alpha value is -4.97. The standard InChI is InChI=1S/C38H51N7O5/c1-27(2)10-17-36(49)43-32-13-11-30(12-14-32)24-50-21-20-45(19-18-40-25-46)33-15-16-35(41-22-33)44-38(42-26-47)34(23-39-5)28(3)37(29(4)48)31-8-6-7-9-31/h11-16,22-23,25-27,31H,5-10,17-21,24H2,1-4H3,(H,40,46)(H,43,49)(H,41,42,44,47)/b34-23-,37-28-. The molecule has 2 aromatic rings. The zero-order chi connectivity index (χ0) is 36.3. The highest BCUT2D eigenvalue weighted by Gasteiger charge is 2.26. The van der Waals surface area contributed by atoms with Crippen LogP contribution in [0, 0.1) is 11.8 Å². The zero-order valence-electron chi connectivity index (χ0n) is 29.7. The number of carbonyl (C=O) groups is 4. The second kappa shape index (κ2) is 21.2. The maximum atomic E-state index is 12.7. The normalized spacial score (nSPS) is 14.2. The molecule has 1 heterocycles. The maximum absolute atomic E-state index is 12.7. The molecule has 1 fully saturated rings. The number of anilines is 2.